The summed E-state index contributed by atoms with van der Waals surface area (Å²) in [5, 5.41) is 0. The number of hydrogen-bond donors (Lipinski definition) is 0. The van der Waals surface area contributed by atoms with E-state index in [2.05, 4.69) is 23.6 Å². The summed E-state index contributed by atoms with van der Waals surface area (Å²) in [5.41, 5.74) is 3.36. The minimum atomic E-state index is -0.399. The second-order valence-corrected chi connectivity index (χ2v) is 8.50. The Morgan fingerprint density at radius 2 is 2.00 bits per heavy atom. The van der Waals surface area contributed by atoms with Crippen molar-refractivity contribution in [2.45, 2.75) is 38.6 Å². The maximum Gasteiger partial charge on any atom is 0.255 e. The fourth-order valence-electron chi connectivity index (χ4n) is 4.81. The van der Waals surface area contributed by atoms with Gasteiger partial charge in [0.1, 0.15) is 0 Å². The van der Waals surface area contributed by atoms with Crippen molar-refractivity contribution in [3.8, 4) is 11.3 Å². The summed E-state index contributed by atoms with van der Waals surface area (Å²) in [7, 11) is 2.00. The molecule has 4 rings (SSSR count). The van der Waals surface area contributed by atoms with Crippen LogP contribution in [0.4, 0.5) is 0 Å². The van der Waals surface area contributed by atoms with Crippen molar-refractivity contribution >= 4 is 11.8 Å². The van der Waals surface area contributed by atoms with Gasteiger partial charge in [0, 0.05) is 51.1 Å². The van der Waals surface area contributed by atoms with E-state index in [0.717, 1.165) is 29.8 Å². The number of amides is 2. The number of aromatic nitrogens is 1. The Hall–Kier alpha value is -2.60. The maximum atomic E-state index is 13.6. The van der Waals surface area contributed by atoms with Crippen molar-refractivity contribution in [3.05, 3.63) is 47.7 Å². The van der Waals surface area contributed by atoms with E-state index in [0.29, 0.717) is 44.8 Å². The van der Waals surface area contributed by atoms with Gasteiger partial charge in [0.05, 0.1) is 17.7 Å². The van der Waals surface area contributed by atoms with E-state index in [-0.39, 0.29) is 11.8 Å². The Labute approximate surface area is 178 Å². The molecule has 2 aromatic rings. The number of nitrogens with zero attached hydrogens (tertiary/aromatic N) is 3. The van der Waals surface area contributed by atoms with E-state index in [9.17, 15) is 9.59 Å². The number of carbonyl (C=O) groups excluding carboxylic acids is 2. The molecule has 2 amide bonds. The van der Waals surface area contributed by atoms with Crippen LogP contribution in [0.25, 0.3) is 11.3 Å². The second kappa shape index (κ2) is 8.26. The Morgan fingerprint density at radius 3 is 2.67 bits per heavy atom. The summed E-state index contributed by atoms with van der Waals surface area (Å²) in [6.45, 7) is 6.92. The van der Waals surface area contributed by atoms with Gasteiger partial charge in [0.2, 0.25) is 5.91 Å². The quantitative estimate of drug-likeness (QED) is 0.779. The number of carbonyl (C=O) groups is 2. The summed E-state index contributed by atoms with van der Waals surface area (Å²) in [5.74, 6) is 0.134. The third-order valence-corrected chi connectivity index (χ3v) is 6.61. The van der Waals surface area contributed by atoms with Crippen LogP contribution >= 0.6 is 0 Å². The molecule has 0 bridgehead atoms. The highest BCUT2D eigenvalue weighted by Crippen LogP contribution is 2.32. The summed E-state index contributed by atoms with van der Waals surface area (Å²) in [6, 6.07) is 12.1. The Kier molecular flexibility index (Phi) is 5.69. The zero-order chi connectivity index (χ0) is 21.3. The van der Waals surface area contributed by atoms with E-state index < -0.39 is 5.54 Å². The molecule has 1 aromatic carbocycles. The van der Waals surface area contributed by atoms with Crippen molar-refractivity contribution in [2.75, 3.05) is 32.8 Å². The van der Waals surface area contributed by atoms with Gasteiger partial charge < -0.3 is 19.1 Å². The van der Waals surface area contributed by atoms with Gasteiger partial charge in [-0.2, -0.15) is 0 Å². The molecule has 2 fully saturated rings. The average molecular weight is 410 g/mol. The van der Waals surface area contributed by atoms with E-state index in [1.807, 2.05) is 48.0 Å². The van der Waals surface area contributed by atoms with E-state index in [4.69, 9.17) is 4.74 Å². The molecule has 30 heavy (non-hydrogen) atoms. The highest BCUT2D eigenvalue weighted by Gasteiger charge is 2.46. The third-order valence-electron chi connectivity index (χ3n) is 6.61. The normalized spacial score (nSPS) is 22.0. The number of ether oxygens (including phenoxy) is 1. The summed E-state index contributed by atoms with van der Waals surface area (Å²) >= 11 is 0. The molecule has 2 aliphatic rings. The SMILES string of the molecule is CCCN1C(=O)CCN(C(=O)c2cc(-c3ccccc3)n(C)c2C)CC12CCOC2. The van der Waals surface area contributed by atoms with Crippen molar-refractivity contribution in [1.82, 2.24) is 14.4 Å². The van der Waals surface area contributed by atoms with Gasteiger partial charge in [-0.3, -0.25) is 9.59 Å². The first-order valence-electron chi connectivity index (χ1n) is 10.9. The van der Waals surface area contributed by atoms with E-state index in [1.54, 1.807) is 0 Å². The standard InChI is InChI=1S/C24H31N3O3/c1-4-12-27-22(28)10-13-26(16-24(27)11-14-30-17-24)23(29)20-15-21(25(3)18(20)2)19-8-6-5-7-9-19/h5-9,15H,4,10-14,16-17H2,1-3H3. The van der Waals surface area contributed by atoms with Gasteiger partial charge in [-0.05, 0) is 31.4 Å². The lowest BCUT2D eigenvalue weighted by atomic mass is 9.95. The van der Waals surface area contributed by atoms with Crippen LogP contribution in [0.5, 0.6) is 0 Å². The molecule has 0 radical (unpaired) electrons. The first kappa shape index (κ1) is 20.7. The van der Waals surface area contributed by atoms with Crippen LogP contribution in [-0.4, -0.2) is 64.6 Å². The maximum absolute atomic E-state index is 13.6. The molecule has 1 unspecified atom stereocenters. The highest BCUT2D eigenvalue weighted by atomic mass is 16.5. The van der Waals surface area contributed by atoms with E-state index in [1.165, 1.54) is 0 Å². The second-order valence-electron chi connectivity index (χ2n) is 8.50. The highest BCUT2D eigenvalue weighted by molar-refractivity contribution is 5.97. The van der Waals surface area contributed by atoms with Gasteiger partial charge in [0.15, 0.2) is 0 Å². The largest absolute Gasteiger partial charge is 0.379 e. The van der Waals surface area contributed by atoms with E-state index >= 15 is 0 Å². The van der Waals surface area contributed by atoms with Crippen LogP contribution in [0, 0.1) is 6.92 Å². The van der Waals surface area contributed by atoms with Crippen LogP contribution in [0.3, 0.4) is 0 Å². The lowest BCUT2D eigenvalue weighted by Gasteiger charge is -2.40. The number of hydrogen-bond acceptors (Lipinski definition) is 3. The minimum absolute atomic E-state index is 0.00250. The van der Waals surface area contributed by atoms with Gasteiger partial charge in [-0.15, -0.1) is 0 Å². The molecule has 0 saturated carbocycles. The minimum Gasteiger partial charge on any atom is -0.379 e. The summed E-state index contributed by atoms with van der Waals surface area (Å²) < 4.78 is 7.79. The predicted molar refractivity (Wildman–Crippen MR) is 116 cm³/mol. The molecule has 3 heterocycles. The van der Waals surface area contributed by atoms with Crippen molar-refractivity contribution < 1.29 is 14.3 Å². The molecular formula is C24H31N3O3. The number of rotatable bonds is 4. The molecule has 160 valence electrons. The molecule has 0 aliphatic carbocycles. The average Bonchev–Trinajstić information content (AvgIpc) is 3.31. The van der Waals surface area contributed by atoms with Gasteiger partial charge in [-0.1, -0.05) is 37.3 Å². The zero-order valence-corrected chi connectivity index (χ0v) is 18.2. The molecule has 2 saturated heterocycles. The van der Waals surface area contributed by atoms with Gasteiger partial charge in [0.25, 0.3) is 5.91 Å². The Balaban J connectivity index is 1.66. The first-order chi connectivity index (χ1) is 14.5. The zero-order valence-electron chi connectivity index (χ0n) is 18.2. The molecule has 6 nitrogen and oxygen atoms in total. The predicted octanol–water partition coefficient (Wildman–Crippen LogP) is 3.24. The topological polar surface area (TPSA) is 54.8 Å². The summed E-state index contributed by atoms with van der Waals surface area (Å²) in [6.07, 6.45) is 2.05. The molecule has 0 N–H and O–H groups in total. The molecule has 1 aromatic heterocycles. The Bertz CT molecular complexity index is 929. The molecule has 1 spiro atoms. The van der Waals surface area contributed by atoms with Crippen LogP contribution < -0.4 is 0 Å². The molecule has 2 aliphatic heterocycles. The first-order valence-corrected chi connectivity index (χ1v) is 10.9. The molecule has 1 atom stereocenters. The molecule has 6 heteroatoms. The monoisotopic (exact) mass is 409 g/mol. The fourth-order valence-corrected chi connectivity index (χ4v) is 4.81. The van der Waals surface area contributed by atoms with Crippen LogP contribution in [0.2, 0.25) is 0 Å². The lowest BCUT2D eigenvalue weighted by molar-refractivity contribution is -0.136. The molecular weight excluding hydrogens is 378 g/mol. The van der Waals surface area contributed by atoms with Crippen molar-refractivity contribution in [1.29, 1.82) is 0 Å². The smallest absolute Gasteiger partial charge is 0.255 e. The van der Waals surface area contributed by atoms with Crippen molar-refractivity contribution in [3.63, 3.8) is 0 Å². The third kappa shape index (κ3) is 3.54. The van der Waals surface area contributed by atoms with Crippen LogP contribution in [-0.2, 0) is 16.6 Å². The Morgan fingerprint density at radius 1 is 1.23 bits per heavy atom. The van der Waals surface area contributed by atoms with Gasteiger partial charge >= 0.3 is 0 Å². The van der Waals surface area contributed by atoms with Crippen molar-refractivity contribution in [2.24, 2.45) is 7.05 Å². The fraction of sp³-hybridized carbons (Fsp3) is 0.500. The number of benzene rings is 1. The van der Waals surface area contributed by atoms with Gasteiger partial charge in [-0.25, -0.2) is 0 Å². The summed E-state index contributed by atoms with van der Waals surface area (Å²) in [4.78, 5) is 30.4. The van der Waals surface area contributed by atoms with Crippen LogP contribution in [0.1, 0.15) is 42.2 Å². The lowest BCUT2D eigenvalue weighted by Crippen LogP contribution is -2.57. The van der Waals surface area contributed by atoms with Crippen LogP contribution in [0.15, 0.2) is 36.4 Å².